The van der Waals surface area contributed by atoms with Crippen molar-refractivity contribution in [3.8, 4) is 10.4 Å². The van der Waals surface area contributed by atoms with Crippen molar-refractivity contribution < 1.29 is 9.90 Å². The van der Waals surface area contributed by atoms with Gasteiger partial charge in [0.05, 0.1) is 22.5 Å². The summed E-state index contributed by atoms with van der Waals surface area (Å²) in [5.41, 5.74) is 7.58. The summed E-state index contributed by atoms with van der Waals surface area (Å²) < 4.78 is 0. The van der Waals surface area contributed by atoms with Crippen LogP contribution in [-0.2, 0) is 12.8 Å². The van der Waals surface area contributed by atoms with Crippen LogP contribution in [0.4, 0.5) is 0 Å². The van der Waals surface area contributed by atoms with Crippen molar-refractivity contribution in [2.75, 3.05) is 19.6 Å². The Balaban J connectivity index is 1.21. The number of piperidine rings is 1. The third-order valence-electron chi connectivity index (χ3n) is 8.79. The van der Waals surface area contributed by atoms with E-state index in [0.29, 0.717) is 10.9 Å². The molecule has 1 aliphatic heterocycles. The number of pyridine rings is 1. The molecule has 1 saturated heterocycles. The molecule has 7 nitrogen and oxygen atoms in total. The fourth-order valence-corrected chi connectivity index (χ4v) is 7.56. The van der Waals surface area contributed by atoms with Gasteiger partial charge in [-0.1, -0.05) is 56.4 Å². The van der Waals surface area contributed by atoms with Gasteiger partial charge < -0.3 is 15.3 Å². The molecule has 0 saturated carbocycles. The quantitative estimate of drug-likeness (QED) is 0.264. The van der Waals surface area contributed by atoms with Gasteiger partial charge in [0.25, 0.3) is 5.91 Å². The number of rotatable bonds is 7. The Morgan fingerprint density at radius 1 is 1.15 bits per heavy atom. The topological polar surface area (TPSA) is 91.2 Å². The number of hydrogen-bond acceptors (Lipinski definition) is 8. The lowest BCUT2D eigenvalue weighted by atomic mass is 9.71. The number of carbonyl (C=O) groups is 1. The molecule has 216 valence electrons. The number of likely N-dealkylation sites (tertiary alicyclic amines) is 1. The monoisotopic (exact) mass is 589 g/mol. The highest BCUT2D eigenvalue weighted by Crippen LogP contribution is 2.38. The second-order valence-corrected chi connectivity index (χ2v) is 14.5. The van der Waals surface area contributed by atoms with Crippen molar-refractivity contribution in [1.82, 2.24) is 25.2 Å². The summed E-state index contributed by atoms with van der Waals surface area (Å²) in [5, 5.41) is 13.7. The van der Waals surface area contributed by atoms with Crippen LogP contribution in [0, 0.1) is 11.3 Å². The van der Waals surface area contributed by atoms with E-state index in [2.05, 4.69) is 66.3 Å². The minimum Gasteiger partial charge on any atom is -0.393 e. The van der Waals surface area contributed by atoms with E-state index < -0.39 is 0 Å². The van der Waals surface area contributed by atoms with E-state index in [9.17, 15) is 9.90 Å². The van der Waals surface area contributed by atoms with Crippen molar-refractivity contribution >= 4 is 38.9 Å². The van der Waals surface area contributed by atoms with Gasteiger partial charge in [-0.05, 0) is 72.6 Å². The number of thiazole rings is 2. The number of aliphatic hydroxyl groups is 1. The summed E-state index contributed by atoms with van der Waals surface area (Å²) >= 11 is 3.01. The van der Waals surface area contributed by atoms with E-state index in [4.69, 9.17) is 9.97 Å². The first kappa shape index (κ1) is 28.4. The van der Waals surface area contributed by atoms with E-state index in [1.165, 1.54) is 22.6 Å². The standard InChI is InChI=1S/C32H39N5O2S2/c1-32(2,3)23-8-9-25-22(16-23)17-27-30(35-25)41-31(36-27)29(39)34-26(12-15-37-13-10-24(38)11-14-37)20-4-6-21(7-5-20)28-18-33-19-40-28/h4-7,17-19,23-24,26,38H,8-16H2,1-3H3,(H,34,39)/t23-,26+/m0/s1. The fourth-order valence-electron chi connectivity index (χ4n) is 6.08. The largest absolute Gasteiger partial charge is 0.393 e. The first-order valence-corrected chi connectivity index (χ1v) is 16.4. The Labute approximate surface area is 250 Å². The molecule has 9 heteroatoms. The Bertz CT molecular complexity index is 1490. The molecule has 2 N–H and O–H groups in total. The molecule has 1 aromatic carbocycles. The summed E-state index contributed by atoms with van der Waals surface area (Å²) in [7, 11) is 0. The van der Waals surface area contributed by atoms with Gasteiger partial charge in [-0.3, -0.25) is 9.78 Å². The summed E-state index contributed by atoms with van der Waals surface area (Å²) in [4.78, 5) is 31.9. The van der Waals surface area contributed by atoms with Gasteiger partial charge in [0.15, 0.2) is 5.01 Å². The average Bonchev–Trinajstić information content (AvgIpc) is 3.64. The molecule has 0 unspecified atom stereocenters. The second kappa shape index (κ2) is 11.9. The van der Waals surface area contributed by atoms with Crippen LogP contribution in [0.1, 0.15) is 79.1 Å². The first-order valence-electron chi connectivity index (χ1n) is 14.7. The zero-order valence-corrected chi connectivity index (χ0v) is 25.7. The first-order chi connectivity index (χ1) is 19.7. The van der Waals surface area contributed by atoms with Gasteiger partial charge in [-0.25, -0.2) is 9.97 Å². The molecule has 4 aromatic rings. The van der Waals surface area contributed by atoms with Crippen molar-refractivity contribution in [3.05, 3.63) is 63.9 Å². The molecule has 0 bridgehead atoms. The third-order valence-corrected chi connectivity index (χ3v) is 10.6. The predicted molar refractivity (Wildman–Crippen MR) is 166 cm³/mol. The van der Waals surface area contributed by atoms with Crippen LogP contribution in [-0.4, -0.2) is 56.6 Å². The number of benzene rings is 1. The molecule has 1 aliphatic carbocycles. The molecule has 1 amide bonds. The van der Waals surface area contributed by atoms with E-state index in [-0.39, 0.29) is 23.5 Å². The number of aryl methyl sites for hydroxylation is 1. The van der Waals surface area contributed by atoms with Crippen LogP contribution in [0.25, 0.3) is 20.8 Å². The molecular formula is C32H39N5O2S2. The summed E-state index contributed by atoms with van der Waals surface area (Å²) in [6.07, 6.45) is 7.24. The second-order valence-electron chi connectivity index (χ2n) is 12.6. The zero-order valence-electron chi connectivity index (χ0n) is 24.1. The van der Waals surface area contributed by atoms with Gasteiger partial charge >= 0.3 is 0 Å². The third kappa shape index (κ3) is 6.53. The molecule has 2 atom stereocenters. The average molecular weight is 590 g/mol. The minimum absolute atomic E-state index is 0.148. The summed E-state index contributed by atoms with van der Waals surface area (Å²) in [6.45, 7) is 9.58. The van der Waals surface area contributed by atoms with Crippen LogP contribution >= 0.6 is 22.7 Å². The molecule has 0 radical (unpaired) electrons. The molecule has 6 rings (SSSR count). The summed E-state index contributed by atoms with van der Waals surface area (Å²) in [5.74, 6) is 0.478. The van der Waals surface area contributed by atoms with Gasteiger partial charge in [0.1, 0.15) is 10.3 Å². The van der Waals surface area contributed by atoms with Crippen LogP contribution < -0.4 is 5.32 Å². The smallest absolute Gasteiger partial charge is 0.280 e. The lowest BCUT2D eigenvalue weighted by Crippen LogP contribution is -2.38. The van der Waals surface area contributed by atoms with Gasteiger partial charge in [0, 0.05) is 31.5 Å². The van der Waals surface area contributed by atoms with Crippen molar-refractivity contribution in [1.29, 1.82) is 0 Å². The van der Waals surface area contributed by atoms with Crippen LogP contribution in [0.5, 0.6) is 0 Å². The Hall–Kier alpha value is -2.72. The zero-order chi connectivity index (χ0) is 28.6. The normalized spacial score (nSPS) is 19.3. The molecule has 1 fully saturated rings. The number of hydrogen-bond donors (Lipinski definition) is 2. The minimum atomic E-state index is -0.196. The highest BCUT2D eigenvalue weighted by molar-refractivity contribution is 7.19. The van der Waals surface area contributed by atoms with E-state index in [1.54, 1.807) is 11.3 Å². The lowest BCUT2D eigenvalue weighted by Gasteiger charge is -2.34. The van der Waals surface area contributed by atoms with E-state index >= 15 is 0 Å². The van der Waals surface area contributed by atoms with Crippen molar-refractivity contribution in [2.45, 2.75) is 71.4 Å². The maximum atomic E-state index is 13.6. The van der Waals surface area contributed by atoms with Crippen LogP contribution in [0.3, 0.4) is 0 Å². The molecule has 2 aliphatic rings. The van der Waals surface area contributed by atoms with E-state index in [0.717, 1.165) is 84.5 Å². The lowest BCUT2D eigenvalue weighted by molar-refractivity contribution is 0.0795. The highest BCUT2D eigenvalue weighted by atomic mass is 32.1. The molecular weight excluding hydrogens is 551 g/mol. The number of fused-ring (bicyclic) bond motifs is 2. The number of nitrogens with zero attached hydrogens (tertiary/aromatic N) is 4. The van der Waals surface area contributed by atoms with Crippen LogP contribution in [0.2, 0.25) is 0 Å². The maximum absolute atomic E-state index is 13.6. The SMILES string of the molecule is CC(C)(C)[C@H]1CCc2nc3sc(C(=O)N[C@H](CCN4CCC(O)CC4)c4ccc(-c5cncs5)cc4)nc3cc2C1. The number of aliphatic hydroxyl groups excluding tert-OH is 1. The molecule has 0 spiro atoms. The van der Waals surface area contributed by atoms with Gasteiger partial charge in [0.2, 0.25) is 0 Å². The maximum Gasteiger partial charge on any atom is 0.280 e. The van der Waals surface area contributed by atoms with Crippen LogP contribution in [0.15, 0.2) is 42.0 Å². The number of aromatic nitrogens is 3. The summed E-state index contributed by atoms with van der Waals surface area (Å²) in [6, 6.07) is 10.5. The molecule has 4 heterocycles. The fraction of sp³-hybridized carbons (Fsp3) is 0.500. The number of carbonyl (C=O) groups excluding carboxylic acids is 1. The number of nitrogens with one attached hydrogen (secondary N) is 1. The Kier molecular flexibility index (Phi) is 8.23. The van der Waals surface area contributed by atoms with E-state index in [1.807, 2.05) is 11.7 Å². The Morgan fingerprint density at radius 2 is 1.93 bits per heavy atom. The predicted octanol–water partition coefficient (Wildman–Crippen LogP) is 6.28. The highest BCUT2D eigenvalue weighted by Gasteiger charge is 2.30. The van der Waals surface area contributed by atoms with Crippen molar-refractivity contribution in [3.63, 3.8) is 0 Å². The molecule has 3 aromatic heterocycles. The van der Waals surface area contributed by atoms with Crippen molar-refractivity contribution in [2.24, 2.45) is 11.3 Å². The van der Waals surface area contributed by atoms with Gasteiger partial charge in [-0.2, -0.15) is 0 Å². The Morgan fingerprint density at radius 3 is 2.63 bits per heavy atom. The van der Waals surface area contributed by atoms with Gasteiger partial charge in [-0.15, -0.1) is 11.3 Å². The molecule has 41 heavy (non-hydrogen) atoms. The number of amides is 1.